The van der Waals surface area contributed by atoms with E-state index in [1.165, 1.54) is 22.5 Å². The summed E-state index contributed by atoms with van der Waals surface area (Å²) in [6.45, 7) is 2.79. The summed E-state index contributed by atoms with van der Waals surface area (Å²) in [5.74, 6) is -0.729. The number of fused-ring (bicyclic) bond motifs is 1. The Morgan fingerprint density at radius 3 is 2.46 bits per heavy atom. The third-order valence-electron chi connectivity index (χ3n) is 5.05. The third-order valence-corrected chi connectivity index (χ3v) is 6.95. The lowest BCUT2D eigenvalue weighted by Gasteiger charge is -2.31. The van der Waals surface area contributed by atoms with Gasteiger partial charge < -0.3 is 14.4 Å². The average molecular weight is 411 g/mol. The van der Waals surface area contributed by atoms with Crippen molar-refractivity contribution in [3.05, 3.63) is 53.6 Å². The molecule has 2 aromatic rings. The molecule has 0 amide bonds. The average Bonchev–Trinajstić information content (AvgIpc) is 2.71. The SMILES string of the molecule is O=S(=O)(c1ccc2c(c1)OCCO2)N1CC[NH+](Cc2cccc(F)c2F)CC1. The maximum atomic E-state index is 13.9. The first-order chi connectivity index (χ1) is 13.4. The van der Waals surface area contributed by atoms with Gasteiger partial charge >= 0.3 is 0 Å². The first-order valence-corrected chi connectivity index (χ1v) is 10.6. The van der Waals surface area contributed by atoms with Gasteiger partial charge in [0.05, 0.1) is 31.1 Å². The highest BCUT2D eigenvalue weighted by atomic mass is 32.2. The van der Waals surface area contributed by atoms with E-state index in [1.54, 1.807) is 12.1 Å². The van der Waals surface area contributed by atoms with Crippen molar-refractivity contribution in [3.63, 3.8) is 0 Å². The molecule has 2 aliphatic rings. The number of halogens is 2. The van der Waals surface area contributed by atoms with E-state index < -0.39 is 21.7 Å². The summed E-state index contributed by atoms with van der Waals surface area (Å²) >= 11 is 0. The Kier molecular flexibility index (Phi) is 5.22. The van der Waals surface area contributed by atoms with E-state index >= 15 is 0 Å². The number of ether oxygens (including phenoxy) is 2. The lowest BCUT2D eigenvalue weighted by molar-refractivity contribution is -0.917. The number of nitrogens with zero attached hydrogens (tertiary/aromatic N) is 1. The number of rotatable bonds is 4. The van der Waals surface area contributed by atoms with Crippen LogP contribution in [0.2, 0.25) is 0 Å². The van der Waals surface area contributed by atoms with E-state index in [0.717, 1.165) is 11.0 Å². The van der Waals surface area contributed by atoms with Gasteiger partial charge in [0.25, 0.3) is 0 Å². The molecule has 0 aromatic heterocycles. The zero-order valence-electron chi connectivity index (χ0n) is 15.2. The second-order valence-corrected chi connectivity index (χ2v) is 8.79. The lowest BCUT2D eigenvalue weighted by atomic mass is 10.2. The highest BCUT2D eigenvalue weighted by Crippen LogP contribution is 2.33. The first kappa shape index (κ1) is 19.1. The summed E-state index contributed by atoms with van der Waals surface area (Å²) in [6, 6.07) is 8.75. The fourth-order valence-electron chi connectivity index (χ4n) is 3.51. The summed E-state index contributed by atoms with van der Waals surface area (Å²) in [5.41, 5.74) is 0.304. The van der Waals surface area contributed by atoms with E-state index in [0.29, 0.717) is 63.0 Å². The highest BCUT2D eigenvalue weighted by molar-refractivity contribution is 7.89. The Hall–Kier alpha value is -2.23. The monoisotopic (exact) mass is 411 g/mol. The number of hydrogen-bond donors (Lipinski definition) is 1. The number of piperazine rings is 1. The molecule has 6 nitrogen and oxygen atoms in total. The Bertz CT molecular complexity index is 976. The van der Waals surface area contributed by atoms with Crippen LogP contribution in [0.15, 0.2) is 41.3 Å². The van der Waals surface area contributed by atoms with Crippen LogP contribution in [0, 0.1) is 11.6 Å². The second-order valence-electron chi connectivity index (χ2n) is 6.85. The quantitative estimate of drug-likeness (QED) is 0.810. The summed E-state index contributed by atoms with van der Waals surface area (Å²) in [7, 11) is -3.66. The largest absolute Gasteiger partial charge is 0.486 e. The minimum atomic E-state index is -3.66. The van der Waals surface area contributed by atoms with Crippen molar-refractivity contribution in [1.29, 1.82) is 0 Å². The molecule has 4 rings (SSSR count). The van der Waals surface area contributed by atoms with Crippen molar-refractivity contribution in [3.8, 4) is 11.5 Å². The van der Waals surface area contributed by atoms with Crippen LogP contribution in [0.25, 0.3) is 0 Å². The fourth-order valence-corrected chi connectivity index (χ4v) is 4.96. The highest BCUT2D eigenvalue weighted by Gasteiger charge is 2.31. The molecule has 2 heterocycles. The smallest absolute Gasteiger partial charge is 0.243 e. The molecule has 0 radical (unpaired) electrons. The Morgan fingerprint density at radius 1 is 1.00 bits per heavy atom. The third kappa shape index (κ3) is 3.69. The summed E-state index contributed by atoms with van der Waals surface area (Å²) in [6.07, 6.45) is 0. The number of sulfonamides is 1. The Balaban J connectivity index is 1.43. The van der Waals surface area contributed by atoms with Crippen LogP contribution in [0.4, 0.5) is 8.78 Å². The van der Waals surface area contributed by atoms with E-state index in [9.17, 15) is 17.2 Å². The zero-order chi connectivity index (χ0) is 19.7. The van der Waals surface area contributed by atoms with Gasteiger partial charge in [-0.2, -0.15) is 4.31 Å². The molecule has 0 bridgehead atoms. The summed E-state index contributed by atoms with van der Waals surface area (Å²) in [4.78, 5) is 1.18. The normalized spacial score (nSPS) is 18.2. The van der Waals surface area contributed by atoms with Gasteiger partial charge in [-0.3, -0.25) is 0 Å². The van der Waals surface area contributed by atoms with Crippen LogP contribution in [-0.2, 0) is 16.6 Å². The summed E-state index contributed by atoms with van der Waals surface area (Å²) in [5, 5.41) is 0. The van der Waals surface area contributed by atoms with Gasteiger partial charge in [0, 0.05) is 11.6 Å². The molecule has 1 fully saturated rings. The molecule has 150 valence electrons. The number of hydrogen-bond acceptors (Lipinski definition) is 4. The number of quaternary nitrogens is 1. The van der Waals surface area contributed by atoms with Crippen molar-refractivity contribution in [2.24, 2.45) is 0 Å². The molecule has 28 heavy (non-hydrogen) atoms. The molecule has 0 aliphatic carbocycles. The van der Waals surface area contributed by atoms with Crippen molar-refractivity contribution < 1.29 is 31.6 Å². The van der Waals surface area contributed by atoms with Crippen molar-refractivity contribution in [2.45, 2.75) is 11.4 Å². The lowest BCUT2D eigenvalue weighted by Crippen LogP contribution is -3.13. The molecule has 2 aliphatic heterocycles. The topological polar surface area (TPSA) is 60.3 Å². The van der Waals surface area contributed by atoms with Crippen LogP contribution in [0.5, 0.6) is 11.5 Å². The molecule has 1 N–H and O–H groups in total. The number of nitrogens with one attached hydrogen (secondary N) is 1. The van der Waals surface area contributed by atoms with Crippen LogP contribution < -0.4 is 14.4 Å². The maximum Gasteiger partial charge on any atom is 0.243 e. The standard InChI is InChI=1S/C19H20F2N2O4S/c20-16-3-1-2-14(19(16)21)13-22-6-8-23(9-7-22)28(24,25)15-4-5-17-18(12-15)27-11-10-26-17/h1-5,12H,6-11,13H2/p+1. The predicted octanol–water partition coefficient (Wildman–Crippen LogP) is 0.825. The predicted molar refractivity (Wildman–Crippen MR) is 96.9 cm³/mol. The Labute approximate surface area is 162 Å². The molecule has 2 aromatic carbocycles. The van der Waals surface area contributed by atoms with Crippen LogP contribution in [-0.4, -0.2) is 52.1 Å². The van der Waals surface area contributed by atoms with E-state index in [1.807, 2.05) is 0 Å². The van der Waals surface area contributed by atoms with Gasteiger partial charge in [0.15, 0.2) is 23.1 Å². The minimum absolute atomic E-state index is 0.163. The van der Waals surface area contributed by atoms with Crippen LogP contribution in [0.3, 0.4) is 0 Å². The molecule has 0 saturated carbocycles. The van der Waals surface area contributed by atoms with Gasteiger partial charge in [-0.1, -0.05) is 12.1 Å². The molecule has 0 unspecified atom stereocenters. The fraction of sp³-hybridized carbons (Fsp3) is 0.368. The minimum Gasteiger partial charge on any atom is -0.486 e. The van der Waals surface area contributed by atoms with Gasteiger partial charge in [-0.25, -0.2) is 17.2 Å². The molecule has 1 saturated heterocycles. The molecule has 9 heteroatoms. The van der Waals surface area contributed by atoms with E-state index in [-0.39, 0.29) is 4.90 Å². The van der Waals surface area contributed by atoms with Crippen molar-refractivity contribution in [2.75, 3.05) is 39.4 Å². The molecular formula is C19H21F2N2O4S+. The van der Waals surface area contributed by atoms with Gasteiger partial charge in [0.2, 0.25) is 10.0 Å². The summed E-state index contributed by atoms with van der Waals surface area (Å²) < 4.78 is 65.5. The Morgan fingerprint density at radius 2 is 1.71 bits per heavy atom. The van der Waals surface area contributed by atoms with E-state index in [2.05, 4.69) is 0 Å². The first-order valence-electron chi connectivity index (χ1n) is 9.11. The molecule has 0 atom stereocenters. The maximum absolute atomic E-state index is 13.9. The van der Waals surface area contributed by atoms with Gasteiger partial charge in [-0.15, -0.1) is 0 Å². The van der Waals surface area contributed by atoms with Gasteiger partial charge in [0.1, 0.15) is 19.8 Å². The molecular weight excluding hydrogens is 390 g/mol. The van der Waals surface area contributed by atoms with E-state index in [4.69, 9.17) is 9.47 Å². The van der Waals surface area contributed by atoms with Gasteiger partial charge in [-0.05, 0) is 18.2 Å². The van der Waals surface area contributed by atoms with Crippen molar-refractivity contribution >= 4 is 10.0 Å². The van der Waals surface area contributed by atoms with Crippen LogP contribution >= 0.6 is 0 Å². The zero-order valence-corrected chi connectivity index (χ0v) is 16.0. The number of benzene rings is 2. The molecule has 0 spiro atoms. The van der Waals surface area contributed by atoms with Crippen LogP contribution in [0.1, 0.15) is 5.56 Å². The second kappa shape index (κ2) is 7.65. The van der Waals surface area contributed by atoms with Crippen molar-refractivity contribution in [1.82, 2.24) is 4.31 Å².